The molecule has 7 heteroatoms. The van der Waals surface area contributed by atoms with Gasteiger partial charge in [-0.25, -0.2) is 4.39 Å². The number of carbonyl (C=O) groups excluding carboxylic acids is 1. The first-order valence-corrected chi connectivity index (χ1v) is 8.64. The zero-order valence-corrected chi connectivity index (χ0v) is 16.1. The molecule has 2 aromatic rings. The Bertz CT molecular complexity index is 780. The van der Waals surface area contributed by atoms with Gasteiger partial charge in [-0.15, -0.1) is 12.4 Å². The standard InChI is InChI=1S/C19H21ClFN3O.ClH/c1-23(11-14-15(20)6-2-7-16(14)21)19(25)12-24-10-4-5-13-17(22)8-3-9-18(13)24;/h2-3,6-9H,4-5,10-12,22H2,1H3;1H. The topological polar surface area (TPSA) is 49.6 Å². The number of rotatable bonds is 4. The van der Waals surface area contributed by atoms with Crippen LogP contribution in [0, 0.1) is 5.82 Å². The molecule has 4 nitrogen and oxygen atoms in total. The first-order chi connectivity index (χ1) is 12.0. The van der Waals surface area contributed by atoms with Gasteiger partial charge in [-0.3, -0.25) is 4.79 Å². The number of hydrogen-bond donors (Lipinski definition) is 1. The summed E-state index contributed by atoms with van der Waals surface area (Å²) in [6, 6.07) is 10.3. The average Bonchev–Trinajstić information content (AvgIpc) is 2.59. The number of benzene rings is 2. The first-order valence-electron chi connectivity index (χ1n) is 8.26. The molecule has 0 saturated carbocycles. The molecule has 0 aliphatic carbocycles. The van der Waals surface area contributed by atoms with Crippen LogP contribution in [-0.4, -0.2) is 30.9 Å². The predicted molar refractivity (Wildman–Crippen MR) is 107 cm³/mol. The molecule has 2 N–H and O–H groups in total. The molecule has 0 bridgehead atoms. The Hall–Kier alpha value is -1.98. The third-order valence-corrected chi connectivity index (χ3v) is 4.95. The maximum absolute atomic E-state index is 13.9. The summed E-state index contributed by atoms with van der Waals surface area (Å²) in [5.41, 5.74) is 9.26. The van der Waals surface area contributed by atoms with E-state index in [0.717, 1.165) is 36.3 Å². The van der Waals surface area contributed by atoms with Gasteiger partial charge in [0.1, 0.15) is 5.82 Å². The van der Waals surface area contributed by atoms with Crippen molar-refractivity contribution in [2.75, 3.05) is 30.8 Å². The van der Waals surface area contributed by atoms with E-state index in [2.05, 4.69) is 0 Å². The van der Waals surface area contributed by atoms with E-state index in [1.54, 1.807) is 19.2 Å². The van der Waals surface area contributed by atoms with Gasteiger partial charge in [0.15, 0.2) is 0 Å². The number of nitrogen functional groups attached to an aromatic ring is 1. The Morgan fingerprint density at radius 3 is 2.77 bits per heavy atom. The Morgan fingerprint density at radius 2 is 2.04 bits per heavy atom. The van der Waals surface area contributed by atoms with Gasteiger partial charge in [-0.2, -0.15) is 0 Å². The fourth-order valence-electron chi connectivity index (χ4n) is 3.18. The van der Waals surface area contributed by atoms with E-state index in [9.17, 15) is 9.18 Å². The second-order valence-corrected chi connectivity index (χ2v) is 6.73. The van der Waals surface area contributed by atoms with E-state index in [1.807, 2.05) is 23.1 Å². The van der Waals surface area contributed by atoms with Crippen molar-refractivity contribution in [2.24, 2.45) is 0 Å². The van der Waals surface area contributed by atoms with Crippen LogP contribution in [0.2, 0.25) is 5.02 Å². The molecule has 1 heterocycles. The van der Waals surface area contributed by atoms with Crippen molar-refractivity contribution in [1.82, 2.24) is 4.90 Å². The second kappa shape index (κ2) is 8.60. The smallest absolute Gasteiger partial charge is 0.242 e. The van der Waals surface area contributed by atoms with E-state index < -0.39 is 5.82 Å². The molecule has 1 aliphatic heterocycles. The van der Waals surface area contributed by atoms with Crippen LogP contribution in [0.3, 0.4) is 0 Å². The third-order valence-electron chi connectivity index (χ3n) is 4.59. The summed E-state index contributed by atoms with van der Waals surface area (Å²) in [5.74, 6) is -0.488. The SMILES string of the molecule is CN(Cc1c(F)cccc1Cl)C(=O)CN1CCCc2c(N)cccc21.Cl. The minimum absolute atomic E-state index is 0. The Balaban J connectivity index is 0.00000243. The van der Waals surface area contributed by atoms with Crippen molar-refractivity contribution >= 4 is 41.3 Å². The Morgan fingerprint density at radius 1 is 1.31 bits per heavy atom. The molecule has 0 saturated heterocycles. The quantitative estimate of drug-likeness (QED) is 0.795. The van der Waals surface area contributed by atoms with Crippen LogP contribution in [0.25, 0.3) is 0 Å². The van der Waals surface area contributed by atoms with Gasteiger partial charge in [0, 0.05) is 42.1 Å². The van der Waals surface area contributed by atoms with Crippen molar-refractivity contribution in [2.45, 2.75) is 19.4 Å². The van der Waals surface area contributed by atoms with E-state index in [4.69, 9.17) is 17.3 Å². The molecule has 2 aromatic carbocycles. The van der Waals surface area contributed by atoms with E-state index in [1.165, 1.54) is 11.0 Å². The summed E-state index contributed by atoms with van der Waals surface area (Å²) in [5, 5.41) is 0.329. The van der Waals surface area contributed by atoms with Crippen molar-refractivity contribution in [3.63, 3.8) is 0 Å². The number of anilines is 2. The van der Waals surface area contributed by atoms with Crippen molar-refractivity contribution in [1.29, 1.82) is 0 Å². The highest BCUT2D eigenvalue weighted by Crippen LogP contribution is 2.31. The number of nitrogens with two attached hydrogens (primary N) is 1. The third kappa shape index (κ3) is 4.22. The van der Waals surface area contributed by atoms with Crippen molar-refractivity contribution in [3.05, 3.63) is 58.4 Å². The molecule has 140 valence electrons. The fourth-order valence-corrected chi connectivity index (χ4v) is 3.41. The molecule has 0 radical (unpaired) electrons. The summed E-state index contributed by atoms with van der Waals surface area (Å²) >= 11 is 6.05. The molecule has 0 unspecified atom stereocenters. The van der Waals surface area contributed by atoms with E-state index in [0.29, 0.717) is 10.6 Å². The maximum atomic E-state index is 13.9. The van der Waals surface area contributed by atoms with Crippen molar-refractivity contribution < 1.29 is 9.18 Å². The van der Waals surface area contributed by atoms with Gasteiger partial charge in [0.2, 0.25) is 5.91 Å². The Kier molecular flexibility index (Phi) is 6.73. The molecular weight excluding hydrogens is 376 g/mol. The summed E-state index contributed by atoms with van der Waals surface area (Å²) in [4.78, 5) is 16.2. The predicted octanol–water partition coefficient (Wildman–Crippen LogP) is 3.89. The molecule has 26 heavy (non-hydrogen) atoms. The monoisotopic (exact) mass is 397 g/mol. The lowest BCUT2D eigenvalue weighted by atomic mass is 10.00. The van der Waals surface area contributed by atoms with Gasteiger partial charge in [-0.1, -0.05) is 23.7 Å². The van der Waals surface area contributed by atoms with Crippen LogP contribution in [0.15, 0.2) is 36.4 Å². The largest absolute Gasteiger partial charge is 0.398 e. The fraction of sp³-hybridized carbons (Fsp3) is 0.316. The van der Waals surface area contributed by atoms with Crippen LogP contribution in [0.1, 0.15) is 17.5 Å². The van der Waals surface area contributed by atoms with Gasteiger partial charge in [0.05, 0.1) is 6.54 Å². The van der Waals surface area contributed by atoms with E-state index in [-0.39, 0.29) is 31.4 Å². The lowest BCUT2D eigenvalue weighted by molar-refractivity contribution is -0.129. The highest BCUT2D eigenvalue weighted by atomic mass is 35.5. The number of hydrogen-bond acceptors (Lipinski definition) is 3. The van der Waals surface area contributed by atoms with Gasteiger partial charge < -0.3 is 15.5 Å². The summed E-state index contributed by atoms with van der Waals surface area (Å²) < 4.78 is 13.9. The molecule has 0 spiro atoms. The molecule has 1 aliphatic rings. The lowest BCUT2D eigenvalue weighted by Crippen LogP contribution is -2.40. The van der Waals surface area contributed by atoms with Gasteiger partial charge >= 0.3 is 0 Å². The maximum Gasteiger partial charge on any atom is 0.242 e. The average molecular weight is 398 g/mol. The van der Waals surface area contributed by atoms with Crippen LogP contribution < -0.4 is 10.6 Å². The Labute approximate surface area is 164 Å². The highest BCUT2D eigenvalue weighted by Gasteiger charge is 2.22. The molecule has 0 fully saturated rings. The minimum Gasteiger partial charge on any atom is -0.398 e. The molecule has 3 rings (SSSR count). The van der Waals surface area contributed by atoms with E-state index >= 15 is 0 Å². The zero-order chi connectivity index (χ0) is 18.0. The number of likely N-dealkylation sites (N-methyl/N-ethyl adjacent to an activating group) is 1. The summed E-state index contributed by atoms with van der Waals surface area (Å²) in [6.45, 7) is 1.18. The van der Waals surface area contributed by atoms with Gasteiger partial charge in [0.25, 0.3) is 0 Å². The highest BCUT2D eigenvalue weighted by molar-refractivity contribution is 6.31. The van der Waals surface area contributed by atoms with Crippen molar-refractivity contribution in [3.8, 4) is 0 Å². The van der Waals surface area contributed by atoms with Gasteiger partial charge in [-0.05, 0) is 42.7 Å². The second-order valence-electron chi connectivity index (χ2n) is 6.32. The number of halogens is 3. The summed E-state index contributed by atoms with van der Waals surface area (Å²) in [7, 11) is 1.66. The zero-order valence-electron chi connectivity index (χ0n) is 14.5. The van der Waals surface area contributed by atoms with Crippen LogP contribution in [0.5, 0.6) is 0 Å². The lowest BCUT2D eigenvalue weighted by Gasteiger charge is -2.32. The number of amides is 1. The van der Waals surface area contributed by atoms with Crippen LogP contribution in [-0.2, 0) is 17.8 Å². The number of carbonyl (C=O) groups is 1. The number of fused-ring (bicyclic) bond motifs is 1. The normalized spacial score (nSPS) is 13.0. The molecule has 0 atom stereocenters. The minimum atomic E-state index is -0.400. The molecule has 1 amide bonds. The first kappa shape index (κ1) is 20.3. The van der Waals surface area contributed by atoms with Crippen LogP contribution in [0.4, 0.5) is 15.8 Å². The number of nitrogens with zero attached hydrogens (tertiary/aromatic N) is 2. The molecular formula is C19H22Cl2FN3O. The molecule has 0 aromatic heterocycles. The van der Waals surface area contributed by atoms with Crippen LogP contribution >= 0.6 is 24.0 Å². The summed E-state index contributed by atoms with van der Waals surface area (Å²) in [6.07, 6.45) is 1.88.